The first kappa shape index (κ1) is 19.6. The second-order valence-corrected chi connectivity index (χ2v) is 7.05. The van der Waals surface area contributed by atoms with Crippen LogP contribution in [-0.2, 0) is 14.8 Å². The third kappa shape index (κ3) is 4.26. The second kappa shape index (κ2) is 8.09. The highest BCUT2D eigenvalue weighted by Gasteiger charge is 2.19. The van der Waals surface area contributed by atoms with Crippen LogP contribution in [0.4, 0.5) is 5.69 Å². The van der Waals surface area contributed by atoms with Crippen LogP contribution in [0.5, 0.6) is 11.5 Å². The predicted octanol–water partition coefficient (Wildman–Crippen LogP) is 2.99. The zero-order valence-corrected chi connectivity index (χ0v) is 15.8. The number of methoxy groups -OCH3 is 2. The second-order valence-electron chi connectivity index (χ2n) is 5.37. The molecule has 1 N–H and O–H groups in total. The van der Waals surface area contributed by atoms with E-state index < -0.39 is 16.0 Å². The maximum atomic E-state index is 12.6. The van der Waals surface area contributed by atoms with Crippen molar-refractivity contribution in [3.8, 4) is 11.5 Å². The summed E-state index contributed by atoms with van der Waals surface area (Å²) >= 11 is 0. The molecule has 0 unspecified atom stereocenters. The highest BCUT2D eigenvalue weighted by atomic mass is 32.2. The molecule has 2 aromatic carbocycles. The molecular formula is C18H21NO6S. The lowest BCUT2D eigenvalue weighted by Crippen LogP contribution is -2.14. The third-order valence-corrected chi connectivity index (χ3v) is 5.01. The van der Waals surface area contributed by atoms with Crippen molar-refractivity contribution in [2.75, 3.05) is 25.5 Å². The molecule has 0 heterocycles. The number of ether oxygens (including phenoxy) is 3. The lowest BCUT2D eigenvalue weighted by Gasteiger charge is -2.13. The molecule has 8 heteroatoms. The molecule has 0 saturated heterocycles. The van der Waals surface area contributed by atoms with Crippen LogP contribution in [0, 0.1) is 6.92 Å². The molecule has 140 valence electrons. The molecule has 0 saturated carbocycles. The SMILES string of the molecule is CCOC(=O)c1ccc(NS(=O)(=O)c2ccc(OC)c(OC)c2)c(C)c1. The first-order chi connectivity index (χ1) is 12.3. The molecule has 0 atom stereocenters. The van der Waals surface area contributed by atoms with Crippen LogP contribution in [-0.4, -0.2) is 35.2 Å². The van der Waals surface area contributed by atoms with Crippen LogP contribution >= 0.6 is 0 Å². The number of esters is 1. The van der Waals surface area contributed by atoms with Crippen molar-refractivity contribution >= 4 is 21.7 Å². The Morgan fingerprint density at radius 1 is 1.04 bits per heavy atom. The van der Waals surface area contributed by atoms with Crippen LogP contribution in [0.25, 0.3) is 0 Å². The number of carbonyl (C=O) groups excluding carboxylic acids is 1. The topological polar surface area (TPSA) is 90.9 Å². The van der Waals surface area contributed by atoms with Crippen molar-refractivity contribution in [2.45, 2.75) is 18.7 Å². The summed E-state index contributed by atoms with van der Waals surface area (Å²) in [6.07, 6.45) is 0. The Kier molecular flexibility index (Phi) is 6.10. The number of aryl methyl sites for hydroxylation is 1. The molecular weight excluding hydrogens is 358 g/mol. The van der Waals surface area contributed by atoms with Gasteiger partial charge in [-0.1, -0.05) is 0 Å². The number of hydrogen-bond donors (Lipinski definition) is 1. The van der Waals surface area contributed by atoms with Gasteiger partial charge in [0.1, 0.15) is 0 Å². The van der Waals surface area contributed by atoms with Crippen LogP contribution in [0.15, 0.2) is 41.3 Å². The van der Waals surface area contributed by atoms with Crippen molar-refractivity contribution in [1.29, 1.82) is 0 Å². The minimum absolute atomic E-state index is 0.0315. The van der Waals surface area contributed by atoms with Crippen LogP contribution in [0.3, 0.4) is 0 Å². The molecule has 0 fully saturated rings. The Labute approximate surface area is 152 Å². The first-order valence-corrected chi connectivity index (χ1v) is 9.33. The molecule has 0 aliphatic carbocycles. The fourth-order valence-electron chi connectivity index (χ4n) is 2.31. The van der Waals surface area contributed by atoms with Crippen LogP contribution < -0.4 is 14.2 Å². The van der Waals surface area contributed by atoms with Gasteiger partial charge in [-0.05, 0) is 49.7 Å². The number of sulfonamides is 1. The van der Waals surface area contributed by atoms with Crippen molar-refractivity contribution < 1.29 is 27.4 Å². The molecule has 0 radical (unpaired) electrons. The fourth-order valence-corrected chi connectivity index (χ4v) is 3.45. The summed E-state index contributed by atoms with van der Waals surface area (Å²) in [4.78, 5) is 11.8. The predicted molar refractivity (Wildman–Crippen MR) is 97.5 cm³/mol. The zero-order valence-electron chi connectivity index (χ0n) is 15.0. The maximum absolute atomic E-state index is 12.6. The number of rotatable bonds is 7. The Morgan fingerprint density at radius 2 is 1.73 bits per heavy atom. The van der Waals surface area contributed by atoms with Gasteiger partial charge in [-0.3, -0.25) is 4.72 Å². The van der Waals surface area contributed by atoms with E-state index in [1.807, 2.05) is 0 Å². The van der Waals surface area contributed by atoms with Gasteiger partial charge in [0.05, 0.1) is 37.0 Å². The molecule has 0 amide bonds. The van der Waals surface area contributed by atoms with Crippen molar-refractivity contribution in [3.05, 3.63) is 47.5 Å². The summed E-state index contributed by atoms with van der Waals surface area (Å²) in [6.45, 7) is 3.69. The molecule has 7 nitrogen and oxygen atoms in total. The quantitative estimate of drug-likeness (QED) is 0.744. The van der Waals surface area contributed by atoms with Gasteiger partial charge in [0.25, 0.3) is 10.0 Å². The van der Waals surface area contributed by atoms with Crippen LogP contribution in [0.2, 0.25) is 0 Å². The number of nitrogens with one attached hydrogen (secondary N) is 1. The smallest absolute Gasteiger partial charge is 0.338 e. The lowest BCUT2D eigenvalue weighted by atomic mass is 10.1. The summed E-state index contributed by atoms with van der Waals surface area (Å²) in [5.41, 5.74) is 1.32. The molecule has 0 spiro atoms. The fraction of sp³-hybridized carbons (Fsp3) is 0.278. The normalized spacial score (nSPS) is 10.9. The average Bonchev–Trinajstić information content (AvgIpc) is 2.62. The summed E-state index contributed by atoms with van der Waals surface area (Å²) < 4.78 is 43.0. The van der Waals surface area contributed by atoms with Crippen LogP contribution in [0.1, 0.15) is 22.8 Å². The van der Waals surface area contributed by atoms with E-state index >= 15 is 0 Å². The van der Waals surface area contributed by atoms with Gasteiger partial charge in [-0.15, -0.1) is 0 Å². The van der Waals surface area contributed by atoms with E-state index in [2.05, 4.69) is 4.72 Å². The Balaban J connectivity index is 2.31. The maximum Gasteiger partial charge on any atom is 0.338 e. The van der Waals surface area contributed by atoms with Crippen molar-refractivity contribution in [2.24, 2.45) is 0 Å². The number of benzene rings is 2. The third-order valence-electron chi connectivity index (χ3n) is 3.65. The van der Waals surface area contributed by atoms with Gasteiger partial charge >= 0.3 is 5.97 Å². The summed E-state index contributed by atoms with van der Waals surface area (Å²) in [5, 5.41) is 0. The Morgan fingerprint density at radius 3 is 2.31 bits per heavy atom. The highest BCUT2D eigenvalue weighted by molar-refractivity contribution is 7.92. The van der Waals surface area contributed by atoms with Gasteiger partial charge in [0.15, 0.2) is 11.5 Å². The highest BCUT2D eigenvalue weighted by Crippen LogP contribution is 2.30. The average molecular weight is 379 g/mol. The largest absolute Gasteiger partial charge is 0.493 e. The van der Waals surface area contributed by atoms with E-state index in [9.17, 15) is 13.2 Å². The molecule has 0 aromatic heterocycles. The van der Waals surface area contributed by atoms with Gasteiger partial charge < -0.3 is 14.2 Å². The zero-order chi connectivity index (χ0) is 19.3. The molecule has 2 aromatic rings. The standard InChI is InChI=1S/C18H21NO6S/c1-5-25-18(20)13-6-8-15(12(2)10-13)19-26(21,22)14-7-9-16(23-3)17(11-14)24-4/h6-11,19H,5H2,1-4H3. The lowest BCUT2D eigenvalue weighted by molar-refractivity contribution is 0.0526. The van der Waals surface area contributed by atoms with Gasteiger partial charge in [-0.25, -0.2) is 13.2 Å². The van der Waals surface area contributed by atoms with E-state index in [4.69, 9.17) is 14.2 Å². The molecule has 26 heavy (non-hydrogen) atoms. The van der Waals surface area contributed by atoms with E-state index in [0.29, 0.717) is 28.3 Å². The van der Waals surface area contributed by atoms with Gasteiger partial charge in [-0.2, -0.15) is 0 Å². The van der Waals surface area contributed by atoms with Crippen molar-refractivity contribution in [1.82, 2.24) is 0 Å². The molecule has 0 aliphatic heterocycles. The van der Waals surface area contributed by atoms with E-state index in [0.717, 1.165) is 0 Å². The Bertz CT molecular complexity index is 908. The monoisotopic (exact) mass is 379 g/mol. The molecule has 2 rings (SSSR count). The van der Waals surface area contributed by atoms with Gasteiger partial charge in [0.2, 0.25) is 0 Å². The first-order valence-electron chi connectivity index (χ1n) is 7.85. The van der Waals surface area contributed by atoms with E-state index in [-0.39, 0.29) is 11.5 Å². The minimum atomic E-state index is -3.84. The summed E-state index contributed by atoms with van der Waals surface area (Å²) in [6, 6.07) is 8.93. The van der Waals surface area contributed by atoms with Crippen molar-refractivity contribution in [3.63, 3.8) is 0 Å². The Hall–Kier alpha value is -2.74. The summed E-state index contributed by atoms with van der Waals surface area (Å²) in [7, 11) is -0.937. The molecule has 0 bridgehead atoms. The summed E-state index contributed by atoms with van der Waals surface area (Å²) in [5.74, 6) is 0.288. The number of anilines is 1. The minimum Gasteiger partial charge on any atom is -0.493 e. The van der Waals surface area contributed by atoms with E-state index in [1.165, 1.54) is 44.6 Å². The molecule has 0 aliphatic rings. The number of hydrogen-bond acceptors (Lipinski definition) is 6. The van der Waals surface area contributed by atoms with E-state index in [1.54, 1.807) is 19.9 Å². The number of carbonyl (C=O) groups is 1. The van der Waals surface area contributed by atoms with Gasteiger partial charge in [0, 0.05) is 6.07 Å².